The van der Waals surface area contributed by atoms with Gasteiger partial charge in [-0.15, -0.1) is 0 Å². The maximum Gasteiger partial charge on any atom is 0.251 e. The van der Waals surface area contributed by atoms with Crippen LogP contribution in [0.3, 0.4) is 0 Å². The number of benzene rings is 3. The van der Waals surface area contributed by atoms with Crippen LogP contribution in [-0.4, -0.2) is 11.0 Å². The molecule has 0 aliphatic rings. The van der Waals surface area contributed by atoms with Crippen molar-refractivity contribution in [3.05, 3.63) is 101 Å². The molecule has 0 atom stereocenters. The summed E-state index contributed by atoms with van der Waals surface area (Å²) in [5.41, 5.74) is 1.93. The van der Waals surface area contributed by atoms with Crippen molar-refractivity contribution in [2.45, 2.75) is 11.4 Å². The number of hydrogen-bond acceptors (Lipinski definition) is 3. The van der Waals surface area contributed by atoms with Gasteiger partial charge in [-0.1, -0.05) is 66.2 Å². The van der Waals surface area contributed by atoms with Crippen molar-refractivity contribution >= 4 is 34.4 Å². The summed E-state index contributed by atoms with van der Waals surface area (Å²) in [6, 6.07) is 23.4. The summed E-state index contributed by atoms with van der Waals surface area (Å²) in [7, 11) is 0. The van der Waals surface area contributed by atoms with Crippen LogP contribution in [0.25, 0.3) is 0 Å². The lowest BCUT2D eigenvalue weighted by atomic mass is 10.2. The fourth-order valence-electron chi connectivity index (χ4n) is 2.40. The number of thioether (sulfide) groups is 1. The number of carbonyl (C=O) groups is 2. The summed E-state index contributed by atoms with van der Waals surface area (Å²) >= 11 is 7.42. The van der Waals surface area contributed by atoms with Gasteiger partial charge in [0.2, 0.25) is 5.12 Å². The van der Waals surface area contributed by atoms with Crippen LogP contribution in [0.4, 0.5) is 0 Å². The van der Waals surface area contributed by atoms with Gasteiger partial charge in [0.25, 0.3) is 5.91 Å². The number of rotatable bonds is 5. The van der Waals surface area contributed by atoms with Crippen LogP contribution in [0.2, 0.25) is 5.02 Å². The maximum atomic E-state index is 12.5. The van der Waals surface area contributed by atoms with Crippen molar-refractivity contribution < 1.29 is 9.59 Å². The minimum atomic E-state index is -0.184. The molecule has 0 spiro atoms. The molecule has 1 amide bonds. The predicted molar refractivity (Wildman–Crippen MR) is 106 cm³/mol. The van der Waals surface area contributed by atoms with E-state index < -0.39 is 0 Å². The normalized spacial score (nSPS) is 10.3. The summed E-state index contributed by atoms with van der Waals surface area (Å²) in [6.45, 7) is 0.248. The molecule has 0 saturated carbocycles. The van der Waals surface area contributed by atoms with Crippen molar-refractivity contribution in [3.63, 3.8) is 0 Å². The van der Waals surface area contributed by atoms with Gasteiger partial charge in [-0.05, 0) is 36.0 Å². The molecule has 0 aromatic heterocycles. The van der Waals surface area contributed by atoms with Gasteiger partial charge in [-0.25, -0.2) is 0 Å². The third-order valence-electron chi connectivity index (χ3n) is 3.75. The molecule has 3 aromatic rings. The first-order valence-electron chi connectivity index (χ1n) is 8.03. The Hall–Kier alpha value is -2.56. The zero-order chi connectivity index (χ0) is 18.4. The molecular formula is C21H16ClNO2S. The third-order valence-corrected chi connectivity index (χ3v) is 5.13. The number of hydrogen-bond donors (Lipinski definition) is 1. The molecule has 0 bridgehead atoms. The first-order chi connectivity index (χ1) is 12.6. The Kier molecular flexibility index (Phi) is 6.10. The minimum absolute atomic E-state index is 0.0662. The molecule has 0 aliphatic carbocycles. The Labute approximate surface area is 161 Å². The number of amides is 1. The van der Waals surface area contributed by atoms with Crippen molar-refractivity contribution in [2.24, 2.45) is 0 Å². The standard InChI is InChI=1S/C21H16ClNO2S/c22-18-12-7-13-19(26-21(25)16-10-5-2-6-11-16)17(18)14-23-20(24)15-8-3-1-4-9-15/h1-13H,14H2,(H,23,24). The second kappa shape index (κ2) is 8.70. The predicted octanol–water partition coefficient (Wildman–Crippen LogP) is 5.20. The van der Waals surface area contributed by atoms with Crippen LogP contribution < -0.4 is 5.32 Å². The summed E-state index contributed by atoms with van der Waals surface area (Å²) in [6.07, 6.45) is 0. The second-order valence-electron chi connectivity index (χ2n) is 5.52. The van der Waals surface area contributed by atoms with E-state index in [-0.39, 0.29) is 17.6 Å². The van der Waals surface area contributed by atoms with E-state index in [0.717, 1.165) is 22.2 Å². The van der Waals surface area contributed by atoms with Gasteiger partial charge in [-0.3, -0.25) is 9.59 Å². The first kappa shape index (κ1) is 18.2. The van der Waals surface area contributed by atoms with Crippen molar-refractivity contribution in [1.29, 1.82) is 0 Å². The van der Waals surface area contributed by atoms with Crippen LogP contribution in [0.5, 0.6) is 0 Å². The van der Waals surface area contributed by atoms with Gasteiger partial charge in [-0.2, -0.15) is 0 Å². The zero-order valence-corrected chi connectivity index (χ0v) is 15.4. The molecule has 0 saturated heterocycles. The second-order valence-corrected chi connectivity index (χ2v) is 6.94. The molecule has 130 valence electrons. The van der Waals surface area contributed by atoms with Crippen LogP contribution >= 0.6 is 23.4 Å². The van der Waals surface area contributed by atoms with Crippen LogP contribution in [0.15, 0.2) is 83.8 Å². The highest BCUT2D eigenvalue weighted by Crippen LogP contribution is 2.30. The van der Waals surface area contributed by atoms with E-state index in [0.29, 0.717) is 16.1 Å². The fourth-order valence-corrected chi connectivity index (χ4v) is 3.60. The molecular weight excluding hydrogens is 366 g/mol. The Morgan fingerprint density at radius 1 is 0.808 bits per heavy atom. The molecule has 26 heavy (non-hydrogen) atoms. The Morgan fingerprint density at radius 3 is 2.08 bits per heavy atom. The Balaban J connectivity index is 1.75. The third kappa shape index (κ3) is 4.54. The average molecular weight is 382 g/mol. The molecule has 0 fully saturated rings. The largest absolute Gasteiger partial charge is 0.348 e. The van der Waals surface area contributed by atoms with E-state index in [1.807, 2.05) is 42.5 Å². The Bertz CT molecular complexity index is 914. The van der Waals surface area contributed by atoms with Gasteiger partial charge in [0.1, 0.15) is 0 Å². The lowest BCUT2D eigenvalue weighted by Crippen LogP contribution is -2.23. The van der Waals surface area contributed by atoms with Crippen molar-refractivity contribution in [3.8, 4) is 0 Å². The van der Waals surface area contributed by atoms with E-state index in [2.05, 4.69) is 5.32 Å². The molecule has 5 heteroatoms. The average Bonchev–Trinajstić information content (AvgIpc) is 2.68. The van der Waals surface area contributed by atoms with Crippen LogP contribution in [-0.2, 0) is 6.54 Å². The smallest absolute Gasteiger partial charge is 0.251 e. The lowest BCUT2D eigenvalue weighted by molar-refractivity contribution is 0.0950. The van der Waals surface area contributed by atoms with Gasteiger partial charge < -0.3 is 5.32 Å². The highest BCUT2D eigenvalue weighted by molar-refractivity contribution is 8.14. The SMILES string of the molecule is O=C(NCc1c(Cl)cccc1SC(=O)c1ccccc1)c1ccccc1. The minimum Gasteiger partial charge on any atom is -0.348 e. The van der Waals surface area contributed by atoms with E-state index in [1.165, 1.54) is 0 Å². The first-order valence-corrected chi connectivity index (χ1v) is 9.22. The van der Waals surface area contributed by atoms with Gasteiger partial charge >= 0.3 is 0 Å². The molecule has 0 radical (unpaired) electrons. The monoisotopic (exact) mass is 381 g/mol. The van der Waals surface area contributed by atoms with Gasteiger partial charge in [0.15, 0.2) is 0 Å². The topological polar surface area (TPSA) is 46.2 Å². The lowest BCUT2D eigenvalue weighted by Gasteiger charge is -2.12. The van der Waals surface area contributed by atoms with Crippen LogP contribution in [0, 0.1) is 0 Å². The van der Waals surface area contributed by atoms with Crippen molar-refractivity contribution in [2.75, 3.05) is 0 Å². The highest BCUT2D eigenvalue weighted by Gasteiger charge is 2.14. The highest BCUT2D eigenvalue weighted by atomic mass is 35.5. The molecule has 0 heterocycles. The fraction of sp³-hybridized carbons (Fsp3) is 0.0476. The van der Waals surface area contributed by atoms with E-state index in [9.17, 15) is 9.59 Å². The Morgan fingerprint density at radius 2 is 1.42 bits per heavy atom. The summed E-state index contributed by atoms with van der Waals surface area (Å²) in [4.78, 5) is 25.5. The molecule has 3 nitrogen and oxygen atoms in total. The zero-order valence-electron chi connectivity index (χ0n) is 13.8. The summed E-state index contributed by atoms with van der Waals surface area (Å²) in [5.74, 6) is -0.184. The maximum absolute atomic E-state index is 12.5. The summed E-state index contributed by atoms with van der Waals surface area (Å²) < 4.78 is 0. The molecule has 0 aliphatic heterocycles. The number of nitrogens with one attached hydrogen (secondary N) is 1. The number of halogens is 1. The van der Waals surface area contributed by atoms with E-state index in [4.69, 9.17) is 11.6 Å². The van der Waals surface area contributed by atoms with Crippen LogP contribution in [0.1, 0.15) is 26.3 Å². The number of carbonyl (C=O) groups excluding carboxylic acids is 2. The molecule has 0 unspecified atom stereocenters. The van der Waals surface area contributed by atoms with Gasteiger partial charge in [0.05, 0.1) is 0 Å². The quantitative estimate of drug-likeness (QED) is 0.617. The van der Waals surface area contributed by atoms with Crippen molar-refractivity contribution in [1.82, 2.24) is 5.32 Å². The molecule has 3 aromatic carbocycles. The van der Waals surface area contributed by atoms with E-state index in [1.54, 1.807) is 36.4 Å². The van der Waals surface area contributed by atoms with E-state index >= 15 is 0 Å². The molecule has 3 rings (SSSR count). The molecule has 1 N–H and O–H groups in total. The summed E-state index contributed by atoms with van der Waals surface area (Å²) in [5, 5.41) is 3.31. The van der Waals surface area contributed by atoms with Gasteiger partial charge in [0, 0.05) is 33.2 Å².